The molecule has 0 radical (unpaired) electrons. The minimum atomic E-state index is -1.05. The van der Waals surface area contributed by atoms with Gasteiger partial charge in [0.1, 0.15) is 15.1 Å². The summed E-state index contributed by atoms with van der Waals surface area (Å²) in [6.07, 6.45) is 0. The van der Waals surface area contributed by atoms with Crippen LogP contribution in [0.1, 0.15) is 21.1 Å². The van der Waals surface area contributed by atoms with Gasteiger partial charge in [-0.1, -0.05) is 0 Å². The van der Waals surface area contributed by atoms with Gasteiger partial charge in [-0.3, -0.25) is 0 Å². The summed E-state index contributed by atoms with van der Waals surface area (Å²) in [5, 5.41) is 9.14. The Morgan fingerprint density at radius 3 is 2.73 bits per heavy atom. The van der Waals surface area contributed by atoms with Gasteiger partial charge in [-0.2, -0.15) is 0 Å². The van der Waals surface area contributed by atoms with E-state index in [9.17, 15) is 9.59 Å². The summed E-state index contributed by atoms with van der Waals surface area (Å²) in [4.78, 5) is 26.8. The van der Waals surface area contributed by atoms with Crippen LogP contribution in [0.4, 0.5) is 0 Å². The number of hydrogen-bond donors (Lipinski definition) is 1. The molecule has 0 aromatic carbocycles. The van der Waals surface area contributed by atoms with Crippen molar-refractivity contribution in [1.29, 1.82) is 0 Å². The first-order chi connectivity index (χ1) is 7.00. The van der Waals surface area contributed by atoms with E-state index in [1.54, 1.807) is 13.8 Å². The zero-order valence-corrected chi connectivity index (χ0v) is 8.84. The summed E-state index contributed by atoms with van der Waals surface area (Å²) < 4.78 is 4.81. The average Bonchev–Trinajstić information content (AvgIpc) is 2.42. The lowest BCUT2D eigenvalue weighted by Gasteiger charge is -1.91. The summed E-state index contributed by atoms with van der Waals surface area (Å²) >= 11 is 0.990. The number of carboxylic acid groups (broad SMARTS) is 1. The molecule has 0 bridgehead atoms. The minimum absolute atomic E-state index is 0.135. The first-order valence-corrected chi connectivity index (χ1v) is 4.96. The Balaban J connectivity index is 2.94. The van der Waals surface area contributed by atoms with Crippen LogP contribution in [-0.2, 0) is 0 Å². The number of aromatic nitrogens is 1. The van der Waals surface area contributed by atoms with E-state index in [2.05, 4.69) is 4.98 Å². The van der Waals surface area contributed by atoms with E-state index in [4.69, 9.17) is 9.52 Å². The van der Waals surface area contributed by atoms with Crippen LogP contribution in [-0.4, -0.2) is 16.1 Å². The Hall–Kier alpha value is -1.69. The van der Waals surface area contributed by atoms with Gasteiger partial charge in [0, 0.05) is 6.92 Å². The molecular weight excluding hydrogens is 218 g/mol. The predicted octanol–water partition coefficient (Wildman–Crippen LogP) is 1.56. The van der Waals surface area contributed by atoms with Crippen molar-refractivity contribution >= 4 is 27.5 Å². The van der Waals surface area contributed by atoms with Crippen LogP contribution in [0.15, 0.2) is 9.21 Å². The van der Waals surface area contributed by atoms with Crippen molar-refractivity contribution in [1.82, 2.24) is 4.98 Å². The van der Waals surface area contributed by atoms with Crippen molar-refractivity contribution in [2.75, 3.05) is 0 Å². The number of fused-ring (bicyclic) bond motifs is 1. The topological polar surface area (TPSA) is 80.4 Å². The van der Waals surface area contributed by atoms with Gasteiger partial charge in [-0.15, -0.1) is 11.3 Å². The molecule has 6 heteroatoms. The third-order valence-electron chi connectivity index (χ3n) is 2.03. The molecule has 0 spiro atoms. The van der Waals surface area contributed by atoms with Crippen LogP contribution in [0, 0.1) is 13.8 Å². The fourth-order valence-corrected chi connectivity index (χ4v) is 2.42. The van der Waals surface area contributed by atoms with Gasteiger partial charge < -0.3 is 9.52 Å². The lowest BCUT2D eigenvalue weighted by Crippen LogP contribution is -2.02. The Morgan fingerprint density at radius 2 is 2.13 bits per heavy atom. The van der Waals surface area contributed by atoms with Gasteiger partial charge in [0.2, 0.25) is 0 Å². The molecular formula is C9H7NO4S. The lowest BCUT2D eigenvalue weighted by atomic mass is 10.2. The van der Waals surface area contributed by atoms with Crippen molar-refractivity contribution in [3.05, 3.63) is 26.8 Å². The predicted molar refractivity (Wildman–Crippen MR) is 54.6 cm³/mol. The molecule has 2 heterocycles. The first-order valence-electron chi connectivity index (χ1n) is 4.15. The minimum Gasteiger partial charge on any atom is -0.477 e. The second-order valence-electron chi connectivity index (χ2n) is 3.06. The SMILES string of the molecule is Cc1nc2sc(C(=O)O)c(C)c2c(=O)o1. The van der Waals surface area contributed by atoms with Crippen molar-refractivity contribution in [2.24, 2.45) is 0 Å². The van der Waals surface area contributed by atoms with E-state index < -0.39 is 11.6 Å². The number of aryl methyl sites for hydroxylation is 2. The summed E-state index contributed by atoms with van der Waals surface area (Å²) in [5.74, 6) is -0.807. The molecule has 1 N–H and O–H groups in total. The lowest BCUT2D eigenvalue weighted by molar-refractivity contribution is 0.0701. The van der Waals surface area contributed by atoms with Crippen LogP contribution in [0.25, 0.3) is 10.2 Å². The Labute approximate surface area is 88.0 Å². The highest BCUT2D eigenvalue weighted by molar-refractivity contribution is 7.20. The highest BCUT2D eigenvalue weighted by Crippen LogP contribution is 2.26. The average molecular weight is 225 g/mol. The number of carbonyl (C=O) groups is 1. The maximum Gasteiger partial charge on any atom is 0.348 e. The smallest absolute Gasteiger partial charge is 0.348 e. The number of carboxylic acids is 1. The molecule has 2 aromatic heterocycles. The molecule has 0 atom stereocenters. The molecule has 2 aromatic rings. The standard InChI is InChI=1S/C9H7NO4S/c1-3-5-7(15-6(3)8(11)12)10-4(2)14-9(5)13/h1-2H3,(H,11,12). The molecule has 0 aliphatic rings. The molecule has 0 aliphatic carbocycles. The second-order valence-corrected chi connectivity index (χ2v) is 4.06. The van der Waals surface area contributed by atoms with E-state index in [-0.39, 0.29) is 16.2 Å². The molecule has 0 fully saturated rings. The summed E-state index contributed by atoms with van der Waals surface area (Å²) in [5.41, 5.74) is -0.109. The fraction of sp³-hybridized carbons (Fsp3) is 0.222. The zero-order valence-electron chi connectivity index (χ0n) is 8.03. The molecule has 15 heavy (non-hydrogen) atoms. The van der Waals surface area contributed by atoms with Gasteiger partial charge >= 0.3 is 11.6 Å². The van der Waals surface area contributed by atoms with E-state index >= 15 is 0 Å². The first kappa shape index (κ1) is 9.85. The van der Waals surface area contributed by atoms with Crippen LogP contribution >= 0.6 is 11.3 Å². The highest BCUT2D eigenvalue weighted by atomic mass is 32.1. The maximum absolute atomic E-state index is 11.5. The third kappa shape index (κ3) is 1.42. The van der Waals surface area contributed by atoms with Gasteiger partial charge in [-0.25, -0.2) is 14.6 Å². The van der Waals surface area contributed by atoms with Crippen molar-refractivity contribution < 1.29 is 14.3 Å². The van der Waals surface area contributed by atoms with Gasteiger partial charge in [0.25, 0.3) is 0 Å². The molecule has 0 saturated carbocycles. The van der Waals surface area contributed by atoms with Crippen LogP contribution in [0.3, 0.4) is 0 Å². The van der Waals surface area contributed by atoms with Crippen molar-refractivity contribution in [2.45, 2.75) is 13.8 Å². The Kier molecular flexibility index (Phi) is 2.08. The molecule has 78 valence electrons. The quantitative estimate of drug-likeness (QED) is 0.796. The van der Waals surface area contributed by atoms with Crippen LogP contribution < -0.4 is 5.63 Å². The number of aromatic carboxylic acids is 1. The maximum atomic E-state index is 11.5. The zero-order chi connectivity index (χ0) is 11.2. The van der Waals surface area contributed by atoms with Gasteiger partial charge in [-0.05, 0) is 12.5 Å². The number of hydrogen-bond acceptors (Lipinski definition) is 5. The summed E-state index contributed by atoms with van der Waals surface area (Å²) in [6.45, 7) is 3.13. The molecule has 0 saturated heterocycles. The van der Waals surface area contributed by atoms with Crippen molar-refractivity contribution in [3.8, 4) is 0 Å². The monoisotopic (exact) mass is 225 g/mol. The Bertz CT molecular complexity index is 610. The van der Waals surface area contributed by atoms with Gasteiger partial charge in [0.15, 0.2) is 5.89 Å². The third-order valence-corrected chi connectivity index (χ3v) is 3.20. The number of rotatable bonds is 1. The highest BCUT2D eigenvalue weighted by Gasteiger charge is 2.18. The van der Waals surface area contributed by atoms with E-state index in [1.165, 1.54) is 0 Å². The molecule has 5 nitrogen and oxygen atoms in total. The van der Waals surface area contributed by atoms with Crippen molar-refractivity contribution in [3.63, 3.8) is 0 Å². The number of nitrogens with zero attached hydrogens (tertiary/aromatic N) is 1. The number of thiophene rings is 1. The summed E-state index contributed by atoms with van der Waals surface area (Å²) in [6, 6.07) is 0. The molecule has 2 rings (SSSR count). The molecule has 0 unspecified atom stereocenters. The second kappa shape index (κ2) is 3.16. The van der Waals surface area contributed by atoms with Gasteiger partial charge in [0.05, 0.1) is 0 Å². The van der Waals surface area contributed by atoms with E-state index in [1.807, 2.05) is 0 Å². The largest absolute Gasteiger partial charge is 0.477 e. The fourth-order valence-electron chi connectivity index (χ4n) is 1.37. The van der Waals surface area contributed by atoms with E-state index in [0.717, 1.165) is 11.3 Å². The molecule has 0 amide bonds. The van der Waals surface area contributed by atoms with Crippen LogP contribution in [0.5, 0.6) is 0 Å². The van der Waals surface area contributed by atoms with Crippen LogP contribution in [0.2, 0.25) is 0 Å². The van der Waals surface area contributed by atoms with E-state index in [0.29, 0.717) is 10.4 Å². The summed E-state index contributed by atoms with van der Waals surface area (Å²) in [7, 11) is 0. The normalized spacial score (nSPS) is 10.8. The Morgan fingerprint density at radius 1 is 1.47 bits per heavy atom. The molecule has 0 aliphatic heterocycles.